The number of halogens is 1. The predicted octanol–water partition coefficient (Wildman–Crippen LogP) is 3.62. The minimum Gasteiger partial charge on any atom is -0.493 e. The first kappa shape index (κ1) is 16.5. The third-order valence-corrected chi connectivity index (χ3v) is 4.52. The number of anilines is 1. The first-order chi connectivity index (χ1) is 12.7. The Balaban J connectivity index is 1.52. The second-order valence-electron chi connectivity index (χ2n) is 5.79. The number of hydrogen-bond acceptors (Lipinski definition) is 4. The Hall–Kier alpha value is -2.93. The monoisotopic (exact) mass is 410 g/mol. The first-order valence-electron chi connectivity index (χ1n) is 8.08. The molecule has 1 N–H and O–H groups in total. The van der Waals surface area contributed by atoms with Gasteiger partial charge in [0.1, 0.15) is 18.4 Å². The zero-order valence-corrected chi connectivity index (χ0v) is 15.3. The third-order valence-electron chi connectivity index (χ3n) is 4.02. The van der Waals surface area contributed by atoms with Crippen molar-refractivity contribution in [2.75, 3.05) is 11.9 Å². The largest absolute Gasteiger partial charge is 0.493 e. The van der Waals surface area contributed by atoms with Crippen LogP contribution in [0.2, 0.25) is 0 Å². The highest BCUT2D eigenvalue weighted by molar-refractivity contribution is 9.10. The van der Waals surface area contributed by atoms with Crippen LogP contribution in [0.3, 0.4) is 0 Å². The summed E-state index contributed by atoms with van der Waals surface area (Å²) in [5.74, 6) is 0.708. The number of fused-ring (bicyclic) bond motifs is 1. The minimum absolute atomic E-state index is 0.221. The van der Waals surface area contributed by atoms with Crippen molar-refractivity contribution >= 4 is 33.6 Å². The number of nitrogens with zero attached hydrogens (tertiary/aromatic N) is 3. The number of carbonyl (C=O) groups is 1. The standard InChI is InChI=1S/C19H15BrN4O2/c20-15-3-4-17(24-12-21-11-22-24)16(10-15)23-19(25)6-2-13-1-5-18-14(9-13)7-8-26-18/h1-6,9-12H,7-8H2,(H,23,25)/b6-2+. The summed E-state index contributed by atoms with van der Waals surface area (Å²) in [6.45, 7) is 0.719. The molecule has 2 heterocycles. The fourth-order valence-electron chi connectivity index (χ4n) is 2.80. The molecule has 0 fully saturated rings. The van der Waals surface area contributed by atoms with Crippen molar-refractivity contribution in [2.45, 2.75) is 6.42 Å². The Bertz CT molecular complexity index is 983. The van der Waals surface area contributed by atoms with E-state index in [1.807, 2.05) is 36.4 Å². The average Bonchev–Trinajstić information content (AvgIpc) is 3.31. The van der Waals surface area contributed by atoms with E-state index in [9.17, 15) is 4.79 Å². The Kier molecular flexibility index (Phi) is 4.53. The quantitative estimate of drug-likeness (QED) is 0.666. The molecule has 0 spiro atoms. The number of rotatable bonds is 4. The number of hydrogen-bond donors (Lipinski definition) is 1. The van der Waals surface area contributed by atoms with Crippen LogP contribution in [0.25, 0.3) is 11.8 Å². The van der Waals surface area contributed by atoms with Gasteiger partial charge in [0.2, 0.25) is 5.91 Å². The number of nitrogens with one attached hydrogen (secondary N) is 1. The van der Waals surface area contributed by atoms with Crippen molar-refractivity contribution in [3.05, 3.63) is 70.7 Å². The molecule has 1 aliphatic heterocycles. The molecule has 4 rings (SSSR count). The van der Waals surface area contributed by atoms with E-state index in [1.165, 1.54) is 18.0 Å². The van der Waals surface area contributed by atoms with E-state index in [0.717, 1.165) is 34.5 Å². The van der Waals surface area contributed by atoms with Crippen LogP contribution in [-0.2, 0) is 11.2 Å². The molecule has 0 unspecified atom stereocenters. The van der Waals surface area contributed by atoms with Crippen LogP contribution in [0.5, 0.6) is 5.75 Å². The fourth-order valence-corrected chi connectivity index (χ4v) is 3.16. The van der Waals surface area contributed by atoms with E-state index in [0.29, 0.717) is 5.69 Å². The number of ether oxygens (including phenoxy) is 1. The van der Waals surface area contributed by atoms with Crippen LogP contribution < -0.4 is 10.1 Å². The molecule has 130 valence electrons. The Morgan fingerprint density at radius 1 is 1.27 bits per heavy atom. The van der Waals surface area contributed by atoms with Crippen molar-refractivity contribution in [3.8, 4) is 11.4 Å². The van der Waals surface area contributed by atoms with Gasteiger partial charge >= 0.3 is 0 Å². The Morgan fingerprint density at radius 3 is 3.04 bits per heavy atom. The second-order valence-corrected chi connectivity index (χ2v) is 6.71. The van der Waals surface area contributed by atoms with Crippen molar-refractivity contribution < 1.29 is 9.53 Å². The Labute approximate surface area is 158 Å². The molecule has 3 aromatic rings. The molecule has 2 aromatic carbocycles. The van der Waals surface area contributed by atoms with Gasteiger partial charge in [-0.05, 0) is 47.5 Å². The average molecular weight is 411 g/mol. The molecule has 0 aliphatic carbocycles. The maximum absolute atomic E-state index is 12.4. The molecule has 1 aliphatic rings. The van der Waals surface area contributed by atoms with Gasteiger partial charge in [-0.3, -0.25) is 4.79 Å². The third kappa shape index (κ3) is 3.52. The van der Waals surface area contributed by atoms with Gasteiger partial charge in [-0.15, -0.1) is 0 Å². The molecule has 7 heteroatoms. The summed E-state index contributed by atoms with van der Waals surface area (Å²) in [7, 11) is 0. The molecule has 0 bridgehead atoms. The lowest BCUT2D eigenvalue weighted by Gasteiger charge is -2.10. The van der Waals surface area contributed by atoms with Gasteiger partial charge in [-0.25, -0.2) is 9.67 Å². The second kappa shape index (κ2) is 7.13. The van der Waals surface area contributed by atoms with Crippen LogP contribution in [-0.4, -0.2) is 27.3 Å². The maximum Gasteiger partial charge on any atom is 0.248 e. The lowest BCUT2D eigenvalue weighted by atomic mass is 10.1. The maximum atomic E-state index is 12.4. The van der Waals surface area contributed by atoms with Gasteiger partial charge in [0.25, 0.3) is 0 Å². The van der Waals surface area contributed by atoms with Crippen LogP contribution in [0.4, 0.5) is 5.69 Å². The number of carbonyl (C=O) groups excluding carboxylic acids is 1. The smallest absolute Gasteiger partial charge is 0.248 e. The number of aromatic nitrogens is 3. The summed E-state index contributed by atoms with van der Waals surface area (Å²) in [5, 5.41) is 7.01. The highest BCUT2D eigenvalue weighted by atomic mass is 79.9. The molecule has 0 radical (unpaired) electrons. The summed E-state index contributed by atoms with van der Waals surface area (Å²) in [6, 6.07) is 11.5. The van der Waals surface area contributed by atoms with Crippen LogP contribution in [0.1, 0.15) is 11.1 Å². The topological polar surface area (TPSA) is 69.0 Å². The van der Waals surface area contributed by atoms with Gasteiger partial charge in [-0.1, -0.05) is 22.0 Å². The van der Waals surface area contributed by atoms with Gasteiger partial charge in [0, 0.05) is 17.0 Å². The normalized spacial score (nSPS) is 12.8. The molecule has 0 saturated carbocycles. The summed E-state index contributed by atoms with van der Waals surface area (Å²) < 4.78 is 7.96. The van der Waals surface area contributed by atoms with Crippen LogP contribution in [0, 0.1) is 0 Å². The van der Waals surface area contributed by atoms with E-state index in [4.69, 9.17) is 4.74 Å². The summed E-state index contributed by atoms with van der Waals surface area (Å²) in [6.07, 6.45) is 7.25. The first-order valence-corrected chi connectivity index (χ1v) is 8.88. The van der Waals surface area contributed by atoms with Crippen molar-refractivity contribution in [1.29, 1.82) is 0 Å². The zero-order chi connectivity index (χ0) is 17.9. The van der Waals surface area contributed by atoms with Gasteiger partial charge < -0.3 is 10.1 Å². The molecule has 1 amide bonds. The molecule has 26 heavy (non-hydrogen) atoms. The summed E-state index contributed by atoms with van der Waals surface area (Å²) in [5.41, 5.74) is 3.52. The van der Waals surface area contributed by atoms with E-state index in [-0.39, 0.29) is 5.91 Å². The predicted molar refractivity (Wildman–Crippen MR) is 102 cm³/mol. The van der Waals surface area contributed by atoms with E-state index in [2.05, 4.69) is 31.3 Å². The lowest BCUT2D eigenvalue weighted by molar-refractivity contribution is -0.111. The summed E-state index contributed by atoms with van der Waals surface area (Å²) >= 11 is 3.43. The van der Waals surface area contributed by atoms with E-state index >= 15 is 0 Å². The molecule has 0 saturated heterocycles. The van der Waals surface area contributed by atoms with Gasteiger partial charge in [0.15, 0.2) is 0 Å². The van der Waals surface area contributed by atoms with E-state index < -0.39 is 0 Å². The SMILES string of the molecule is O=C(/C=C/c1ccc2c(c1)CCO2)Nc1cc(Br)ccc1-n1cncn1. The van der Waals surface area contributed by atoms with Crippen LogP contribution >= 0.6 is 15.9 Å². The van der Waals surface area contributed by atoms with Crippen molar-refractivity contribution in [3.63, 3.8) is 0 Å². The van der Waals surface area contributed by atoms with Gasteiger partial charge in [0.05, 0.1) is 18.0 Å². The number of amides is 1. The highest BCUT2D eigenvalue weighted by Crippen LogP contribution is 2.27. The lowest BCUT2D eigenvalue weighted by Crippen LogP contribution is -2.11. The van der Waals surface area contributed by atoms with Crippen molar-refractivity contribution in [2.24, 2.45) is 0 Å². The molecular formula is C19H15BrN4O2. The minimum atomic E-state index is -0.221. The number of benzene rings is 2. The fraction of sp³-hybridized carbons (Fsp3) is 0.105. The molecule has 0 atom stereocenters. The van der Waals surface area contributed by atoms with Crippen molar-refractivity contribution in [1.82, 2.24) is 14.8 Å². The van der Waals surface area contributed by atoms with Crippen LogP contribution in [0.15, 0.2) is 59.6 Å². The molecule has 6 nitrogen and oxygen atoms in total. The molecule has 1 aromatic heterocycles. The highest BCUT2D eigenvalue weighted by Gasteiger charge is 2.11. The van der Waals surface area contributed by atoms with Gasteiger partial charge in [-0.2, -0.15) is 5.10 Å². The van der Waals surface area contributed by atoms with E-state index in [1.54, 1.807) is 17.1 Å². The summed E-state index contributed by atoms with van der Waals surface area (Å²) in [4.78, 5) is 16.3. The molecular weight excluding hydrogens is 396 g/mol. The zero-order valence-electron chi connectivity index (χ0n) is 13.7. The Morgan fingerprint density at radius 2 is 2.19 bits per heavy atom.